The fraction of sp³-hybridized carbons (Fsp3) is 1.00. The maximum absolute atomic E-state index is 5.52. The van der Waals surface area contributed by atoms with Crippen LogP contribution in [0.3, 0.4) is 0 Å². The van der Waals surface area contributed by atoms with Crippen molar-refractivity contribution in [3.63, 3.8) is 0 Å². The van der Waals surface area contributed by atoms with Crippen molar-refractivity contribution in [3.05, 3.63) is 0 Å². The van der Waals surface area contributed by atoms with Crippen molar-refractivity contribution in [2.24, 2.45) is 5.41 Å². The largest absolute Gasteiger partial charge is 0.378 e. The Kier molecular flexibility index (Phi) is 4.39. The maximum atomic E-state index is 5.52. The van der Waals surface area contributed by atoms with E-state index < -0.39 is 0 Å². The molecule has 0 amide bonds. The zero-order valence-electron chi connectivity index (χ0n) is 10.1. The van der Waals surface area contributed by atoms with Gasteiger partial charge in [-0.1, -0.05) is 20.8 Å². The monoisotopic (exact) mass is 199 g/mol. The van der Waals surface area contributed by atoms with Gasteiger partial charge in [-0.05, 0) is 38.1 Å². The van der Waals surface area contributed by atoms with E-state index in [0.717, 1.165) is 13.2 Å². The lowest BCUT2D eigenvalue weighted by atomic mass is 9.92. The quantitative estimate of drug-likeness (QED) is 0.754. The lowest BCUT2D eigenvalue weighted by Gasteiger charge is -2.29. The Hall–Kier alpha value is -0.0800. The van der Waals surface area contributed by atoms with Gasteiger partial charge in [0.15, 0.2) is 0 Å². The first-order valence-electron chi connectivity index (χ1n) is 5.82. The van der Waals surface area contributed by atoms with Gasteiger partial charge in [0.1, 0.15) is 0 Å². The zero-order chi connectivity index (χ0) is 10.6. The van der Waals surface area contributed by atoms with Crippen LogP contribution >= 0.6 is 0 Å². The van der Waals surface area contributed by atoms with E-state index in [4.69, 9.17) is 4.74 Å². The van der Waals surface area contributed by atoms with Gasteiger partial charge in [-0.15, -0.1) is 0 Å². The minimum absolute atomic E-state index is 0.441. The molecule has 2 heteroatoms. The molecule has 2 atom stereocenters. The van der Waals surface area contributed by atoms with Gasteiger partial charge in [-0.25, -0.2) is 0 Å². The van der Waals surface area contributed by atoms with Crippen LogP contribution in [0.1, 0.15) is 47.0 Å². The molecule has 84 valence electrons. The highest BCUT2D eigenvalue weighted by Gasteiger charge is 2.19. The van der Waals surface area contributed by atoms with E-state index in [1.165, 1.54) is 19.3 Å². The topological polar surface area (TPSA) is 21.3 Å². The molecule has 0 aromatic carbocycles. The van der Waals surface area contributed by atoms with E-state index >= 15 is 0 Å². The molecule has 0 aromatic rings. The van der Waals surface area contributed by atoms with Crippen LogP contribution in [0.2, 0.25) is 0 Å². The average molecular weight is 199 g/mol. The third-order valence-electron chi connectivity index (χ3n) is 2.79. The maximum Gasteiger partial charge on any atom is 0.0561 e. The summed E-state index contributed by atoms with van der Waals surface area (Å²) in [5, 5.41) is 3.63. The van der Waals surface area contributed by atoms with Crippen LogP contribution in [0.4, 0.5) is 0 Å². The van der Waals surface area contributed by atoms with Crippen molar-refractivity contribution in [2.75, 3.05) is 13.2 Å². The number of rotatable bonds is 3. The zero-order valence-corrected chi connectivity index (χ0v) is 10.1. The standard InChI is InChI=1S/C12H25NO/c1-10-9-11(5-8-14-10)13-7-6-12(2,3)4/h10-11,13H,5-9H2,1-4H3. The molecule has 2 unspecified atom stereocenters. The van der Waals surface area contributed by atoms with Crippen LogP contribution in [0.15, 0.2) is 0 Å². The minimum Gasteiger partial charge on any atom is -0.378 e. The fourth-order valence-corrected chi connectivity index (χ4v) is 1.83. The molecule has 2 nitrogen and oxygen atoms in total. The molecule has 0 saturated carbocycles. The molecule has 1 rings (SSSR count). The highest BCUT2D eigenvalue weighted by molar-refractivity contribution is 4.75. The van der Waals surface area contributed by atoms with Gasteiger partial charge < -0.3 is 10.1 Å². The Labute approximate surface area is 88.4 Å². The second kappa shape index (κ2) is 5.13. The van der Waals surface area contributed by atoms with Gasteiger partial charge in [0.2, 0.25) is 0 Å². The third kappa shape index (κ3) is 4.97. The molecular formula is C12H25NO. The first kappa shape index (κ1) is 12.0. The van der Waals surface area contributed by atoms with E-state index in [1.54, 1.807) is 0 Å². The summed E-state index contributed by atoms with van der Waals surface area (Å²) in [5.41, 5.74) is 0.448. The Morgan fingerprint density at radius 3 is 2.64 bits per heavy atom. The predicted molar refractivity (Wildman–Crippen MR) is 60.5 cm³/mol. The van der Waals surface area contributed by atoms with E-state index in [1.807, 2.05) is 0 Å². The van der Waals surface area contributed by atoms with Crippen LogP contribution in [-0.4, -0.2) is 25.3 Å². The lowest BCUT2D eigenvalue weighted by Crippen LogP contribution is -2.39. The highest BCUT2D eigenvalue weighted by Crippen LogP contribution is 2.18. The molecule has 0 bridgehead atoms. The fourth-order valence-electron chi connectivity index (χ4n) is 1.83. The smallest absolute Gasteiger partial charge is 0.0561 e. The van der Waals surface area contributed by atoms with Crippen molar-refractivity contribution < 1.29 is 4.74 Å². The van der Waals surface area contributed by atoms with Crippen LogP contribution in [0.5, 0.6) is 0 Å². The number of hydrogen-bond acceptors (Lipinski definition) is 2. The molecule has 0 spiro atoms. The van der Waals surface area contributed by atoms with Crippen molar-refractivity contribution in [1.29, 1.82) is 0 Å². The molecule has 1 aliphatic heterocycles. The highest BCUT2D eigenvalue weighted by atomic mass is 16.5. The van der Waals surface area contributed by atoms with Gasteiger partial charge in [0.25, 0.3) is 0 Å². The summed E-state index contributed by atoms with van der Waals surface area (Å²) >= 11 is 0. The molecule has 0 radical (unpaired) electrons. The second-order valence-electron chi connectivity index (χ2n) is 5.67. The van der Waals surface area contributed by atoms with Crippen LogP contribution in [0.25, 0.3) is 0 Å². The molecule has 1 N–H and O–H groups in total. The van der Waals surface area contributed by atoms with Gasteiger partial charge in [0.05, 0.1) is 6.10 Å². The van der Waals surface area contributed by atoms with Gasteiger partial charge in [-0.3, -0.25) is 0 Å². The SMILES string of the molecule is CC1CC(NCCC(C)(C)C)CCO1. The lowest BCUT2D eigenvalue weighted by molar-refractivity contribution is 0.0130. The van der Waals surface area contributed by atoms with Gasteiger partial charge >= 0.3 is 0 Å². The number of hydrogen-bond donors (Lipinski definition) is 1. The first-order chi connectivity index (χ1) is 6.47. The normalized spacial score (nSPS) is 29.1. The van der Waals surface area contributed by atoms with Gasteiger partial charge in [-0.2, -0.15) is 0 Å². The Morgan fingerprint density at radius 2 is 2.07 bits per heavy atom. The summed E-state index contributed by atoms with van der Waals surface area (Å²) in [6, 6.07) is 0.682. The van der Waals surface area contributed by atoms with Crippen molar-refractivity contribution in [2.45, 2.75) is 59.1 Å². The Morgan fingerprint density at radius 1 is 1.36 bits per heavy atom. The Bertz CT molecular complexity index is 162. The van der Waals surface area contributed by atoms with Crippen LogP contribution < -0.4 is 5.32 Å². The first-order valence-corrected chi connectivity index (χ1v) is 5.82. The van der Waals surface area contributed by atoms with Gasteiger partial charge in [0, 0.05) is 12.6 Å². The van der Waals surface area contributed by atoms with E-state index in [0.29, 0.717) is 17.6 Å². The molecule has 1 aliphatic rings. The molecule has 1 fully saturated rings. The van der Waals surface area contributed by atoms with Crippen LogP contribution in [-0.2, 0) is 4.74 Å². The van der Waals surface area contributed by atoms with E-state index in [2.05, 4.69) is 33.0 Å². The summed E-state index contributed by atoms with van der Waals surface area (Å²) in [6.07, 6.45) is 4.04. The summed E-state index contributed by atoms with van der Waals surface area (Å²) in [4.78, 5) is 0. The average Bonchev–Trinajstić information content (AvgIpc) is 2.01. The number of nitrogens with one attached hydrogen (secondary N) is 1. The minimum atomic E-state index is 0.441. The molecule has 1 heterocycles. The summed E-state index contributed by atoms with van der Waals surface area (Å²) < 4.78 is 5.52. The summed E-state index contributed by atoms with van der Waals surface area (Å²) in [6.45, 7) is 11.1. The van der Waals surface area contributed by atoms with E-state index in [-0.39, 0.29) is 0 Å². The molecular weight excluding hydrogens is 174 g/mol. The van der Waals surface area contributed by atoms with Crippen molar-refractivity contribution >= 4 is 0 Å². The second-order valence-corrected chi connectivity index (χ2v) is 5.67. The van der Waals surface area contributed by atoms with Crippen LogP contribution in [0, 0.1) is 5.41 Å². The molecule has 0 aromatic heterocycles. The molecule has 0 aliphatic carbocycles. The number of ether oxygens (including phenoxy) is 1. The summed E-state index contributed by atoms with van der Waals surface area (Å²) in [7, 11) is 0. The molecule has 14 heavy (non-hydrogen) atoms. The van der Waals surface area contributed by atoms with Crippen molar-refractivity contribution in [3.8, 4) is 0 Å². The summed E-state index contributed by atoms with van der Waals surface area (Å²) in [5.74, 6) is 0. The Balaban J connectivity index is 2.12. The van der Waals surface area contributed by atoms with E-state index in [9.17, 15) is 0 Å². The third-order valence-corrected chi connectivity index (χ3v) is 2.79. The molecule has 1 saturated heterocycles. The predicted octanol–water partition coefficient (Wildman–Crippen LogP) is 2.58. The van der Waals surface area contributed by atoms with Crippen molar-refractivity contribution in [1.82, 2.24) is 5.32 Å².